The fourth-order valence-electron chi connectivity index (χ4n) is 4.31. The van der Waals surface area contributed by atoms with Gasteiger partial charge in [-0.3, -0.25) is 14.3 Å². The minimum atomic E-state index is -2.04. The molecule has 1 aliphatic rings. The van der Waals surface area contributed by atoms with Gasteiger partial charge in [0.15, 0.2) is 5.75 Å². The van der Waals surface area contributed by atoms with Gasteiger partial charge in [-0.25, -0.2) is 0 Å². The van der Waals surface area contributed by atoms with E-state index in [9.17, 15) is 18.9 Å². The van der Waals surface area contributed by atoms with E-state index in [4.69, 9.17) is 8.92 Å². The van der Waals surface area contributed by atoms with Crippen LogP contribution in [-0.4, -0.2) is 52.3 Å². The van der Waals surface area contributed by atoms with Gasteiger partial charge in [-0.1, -0.05) is 60.6 Å². The third-order valence-corrected chi connectivity index (χ3v) is 7.39. The lowest BCUT2D eigenvalue weighted by atomic mass is 9.88. The normalized spacial score (nSPS) is 14.6. The lowest BCUT2D eigenvalue weighted by Crippen LogP contribution is -2.40. The molecule has 2 aromatic rings. The van der Waals surface area contributed by atoms with Gasteiger partial charge in [-0.15, -0.1) is 0 Å². The molecule has 1 fully saturated rings. The van der Waals surface area contributed by atoms with E-state index in [0.717, 1.165) is 11.1 Å². The number of anilines is 2. The molecule has 2 amide bonds. The zero-order chi connectivity index (χ0) is 28.9. The van der Waals surface area contributed by atoms with Crippen molar-refractivity contribution in [2.75, 3.05) is 36.3 Å². The second kappa shape index (κ2) is 13.3. The van der Waals surface area contributed by atoms with Gasteiger partial charge in [0.25, 0.3) is 5.91 Å². The van der Waals surface area contributed by atoms with Crippen LogP contribution in [-0.2, 0) is 20.8 Å². The highest BCUT2D eigenvalue weighted by molar-refractivity contribution is 7.82. The van der Waals surface area contributed by atoms with Gasteiger partial charge in [-0.05, 0) is 46.6 Å². The first-order valence-corrected chi connectivity index (χ1v) is 14.6. The van der Waals surface area contributed by atoms with Crippen molar-refractivity contribution in [1.82, 2.24) is 4.90 Å². The Labute approximate surface area is 234 Å². The van der Waals surface area contributed by atoms with Crippen LogP contribution in [0.15, 0.2) is 24.3 Å². The van der Waals surface area contributed by atoms with Gasteiger partial charge in [0.05, 0.1) is 30.2 Å². The molecule has 1 saturated heterocycles. The Bertz CT molecular complexity index is 1190. The van der Waals surface area contributed by atoms with Crippen molar-refractivity contribution < 1.29 is 27.8 Å². The number of carbonyl (C=O) groups is 2. The Hall–Kier alpha value is -3.11. The number of benzene rings is 2. The number of amides is 2. The number of nitrogens with one attached hydrogen (secondary N) is 2. The number of hydrogen-bond acceptors (Lipinski definition) is 6. The van der Waals surface area contributed by atoms with Gasteiger partial charge in [0.1, 0.15) is 5.75 Å². The molecule has 3 N–H and O–H groups in total. The molecule has 1 atom stereocenters. The number of rotatable bonds is 10. The molecule has 1 heterocycles. The van der Waals surface area contributed by atoms with E-state index in [1.54, 1.807) is 11.8 Å². The van der Waals surface area contributed by atoms with Crippen molar-refractivity contribution in [3.05, 3.63) is 46.5 Å². The SMILES string of the molecule is CCC(=O)Nc1cc(NS(=O)Oc2c(C(C)C)cc(C(C)C)cc2C(C)C)cc(C(=O)N2CCOCC2)c1O. The number of carbonyl (C=O) groups excluding carboxylic acids is 2. The number of phenolic OH excluding ortho intramolecular Hbond substituents is 1. The van der Waals surface area contributed by atoms with Crippen LogP contribution in [0.4, 0.5) is 11.4 Å². The van der Waals surface area contributed by atoms with Crippen LogP contribution >= 0.6 is 0 Å². The Kier molecular flexibility index (Phi) is 10.4. The first kappa shape index (κ1) is 30.4. The molecule has 2 aromatic carbocycles. The Morgan fingerprint density at radius 3 is 2.10 bits per heavy atom. The summed E-state index contributed by atoms with van der Waals surface area (Å²) in [6.07, 6.45) is 0.182. The van der Waals surface area contributed by atoms with E-state index < -0.39 is 17.2 Å². The summed E-state index contributed by atoms with van der Waals surface area (Å²) in [6, 6.07) is 7.07. The van der Waals surface area contributed by atoms with E-state index in [1.807, 2.05) is 0 Å². The van der Waals surface area contributed by atoms with Crippen LogP contribution in [0, 0.1) is 0 Å². The van der Waals surface area contributed by atoms with Crippen LogP contribution in [0.3, 0.4) is 0 Å². The van der Waals surface area contributed by atoms with Crippen LogP contribution < -0.4 is 14.2 Å². The standard InChI is InChI=1S/C29H41N3O6S/c1-8-26(33)30-25-16-21(15-24(27(25)34)29(35)32-9-11-37-12-10-32)31-39(36)38-28-22(18(4)5)13-20(17(2)3)14-23(28)19(6)7/h13-19,31,34H,8-12H2,1-7H3,(H,30,33). The van der Waals surface area contributed by atoms with Crippen molar-refractivity contribution in [3.63, 3.8) is 0 Å². The smallest absolute Gasteiger partial charge is 0.316 e. The predicted octanol–water partition coefficient (Wildman–Crippen LogP) is 5.65. The lowest BCUT2D eigenvalue weighted by Gasteiger charge is -2.27. The zero-order valence-corrected chi connectivity index (χ0v) is 24.7. The van der Waals surface area contributed by atoms with Crippen LogP contribution in [0.1, 0.15) is 99.7 Å². The van der Waals surface area contributed by atoms with Crippen LogP contribution in [0.25, 0.3) is 0 Å². The van der Waals surface area contributed by atoms with Gasteiger partial charge < -0.3 is 24.2 Å². The summed E-state index contributed by atoms with van der Waals surface area (Å²) in [7, 11) is 0. The van der Waals surface area contributed by atoms with Crippen molar-refractivity contribution in [1.29, 1.82) is 0 Å². The summed E-state index contributed by atoms with van der Waals surface area (Å²) in [5, 5.41) is 13.5. The summed E-state index contributed by atoms with van der Waals surface area (Å²) in [4.78, 5) is 26.9. The van der Waals surface area contributed by atoms with E-state index in [-0.39, 0.29) is 46.9 Å². The minimum Gasteiger partial charge on any atom is -0.505 e. The zero-order valence-electron chi connectivity index (χ0n) is 23.9. The second-order valence-electron chi connectivity index (χ2n) is 10.6. The molecule has 0 saturated carbocycles. The highest BCUT2D eigenvalue weighted by Crippen LogP contribution is 2.39. The van der Waals surface area contributed by atoms with Crippen LogP contribution in [0.5, 0.6) is 11.5 Å². The molecule has 0 spiro atoms. The molecular formula is C29H41N3O6S. The van der Waals surface area contributed by atoms with Gasteiger partial charge in [-0.2, -0.15) is 4.21 Å². The van der Waals surface area contributed by atoms with Gasteiger partial charge in [0.2, 0.25) is 5.91 Å². The molecule has 0 bridgehead atoms. The molecule has 9 nitrogen and oxygen atoms in total. The average molecular weight is 560 g/mol. The van der Waals surface area contributed by atoms with E-state index in [1.165, 1.54) is 17.7 Å². The Balaban J connectivity index is 1.98. The van der Waals surface area contributed by atoms with Crippen molar-refractivity contribution in [2.45, 2.75) is 72.6 Å². The topological polar surface area (TPSA) is 117 Å². The molecule has 0 aromatic heterocycles. The number of phenols is 1. The highest BCUT2D eigenvalue weighted by atomic mass is 32.2. The van der Waals surface area contributed by atoms with Crippen molar-refractivity contribution in [3.8, 4) is 11.5 Å². The summed E-state index contributed by atoms with van der Waals surface area (Å²) < 4.78 is 27.5. The molecule has 1 unspecified atom stereocenters. The summed E-state index contributed by atoms with van der Waals surface area (Å²) in [6.45, 7) is 15.8. The first-order chi connectivity index (χ1) is 18.4. The number of hydrogen-bond donors (Lipinski definition) is 3. The maximum absolute atomic E-state index is 13.3. The summed E-state index contributed by atoms with van der Waals surface area (Å²) >= 11 is -2.04. The van der Waals surface area contributed by atoms with E-state index in [2.05, 4.69) is 63.7 Å². The number of nitrogens with zero attached hydrogens (tertiary/aromatic N) is 1. The fraction of sp³-hybridized carbons (Fsp3) is 0.517. The number of aromatic hydroxyl groups is 1. The van der Waals surface area contributed by atoms with Crippen LogP contribution in [0.2, 0.25) is 0 Å². The Morgan fingerprint density at radius 2 is 1.59 bits per heavy atom. The molecule has 214 valence electrons. The number of morpholine rings is 1. The largest absolute Gasteiger partial charge is 0.505 e. The summed E-state index contributed by atoms with van der Waals surface area (Å²) in [5.74, 6) is 0.0709. The predicted molar refractivity (Wildman–Crippen MR) is 155 cm³/mol. The molecular weight excluding hydrogens is 518 g/mol. The Morgan fingerprint density at radius 1 is 1.00 bits per heavy atom. The van der Waals surface area contributed by atoms with Crippen molar-refractivity contribution in [2.24, 2.45) is 0 Å². The molecule has 1 aliphatic heterocycles. The van der Waals surface area contributed by atoms with Gasteiger partial charge in [0, 0.05) is 19.5 Å². The first-order valence-electron chi connectivity index (χ1n) is 13.5. The van der Waals surface area contributed by atoms with Gasteiger partial charge >= 0.3 is 11.3 Å². The molecule has 10 heteroatoms. The molecule has 3 rings (SSSR count). The van der Waals surface area contributed by atoms with E-state index >= 15 is 0 Å². The third kappa shape index (κ3) is 7.51. The quantitative estimate of drug-likeness (QED) is 0.256. The fourth-order valence-corrected chi connectivity index (χ4v) is 5.00. The third-order valence-electron chi connectivity index (χ3n) is 6.67. The lowest BCUT2D eigenvalue weighted by molar-refractivity contribution is -0.115. The molecule has 39 heavy (non-hydrogen) atoms. The monoisotopic (exact) mass is 559 g/mol. The van der Waals surface area contributed by atoms with Crippen molar-refractivity contribution >= 4 is 34.5 Å². The highest BCUT2D eigenvalue weighted by Gasteiger charge is 2.25. The second-order valence-corrected chi connectivity index (χ2v) is 11.5. The number of ether oxygens (including phenoxy) is 1. The average Bonchev–Trinajstić information content (AvgIpc) is 2.89. The molecule has 0 aliphatic carbocycles. The summed E-state index contributed by atoms with van der Waals surface area (Å²) in [5.41, 5.74) is 3.40. The minimum absolute atomic E-state index is 0.0164. The maximum Gasteiger partial charge on any atom is 0.316 e. The maximum atomic E-state index is 13.3. The molecule has 0 radical (unpaired) electrons. The van der Waals surface area contributed by atoms with E-state index in [0.29, 0.717) is 38.0 Å².